The highest BCUT2D eigenvalue weighted by Crippen LogP contribution is 2.33. The van der Waals surface area contributed by atoms with Crippen LogP contribution in [-0.4, -0.2) is 25.8 Å². The van der Waals surface area contributed by atoms with Gasteiger partial charge >= 0.3 is 6.03 Å². The average Bonchev–Trinajstić information content (AvgIpc) is 2.83. The molecule has 2 aromatic rings. The molecule has 7 heteroatoms. The monoisotopic (exact) mass is 258 g/mol. The van der Waals surface area contributed by atoms with Gasteiger partial charge in [-0.2, -0.15) is 5.10 Å². The third-order valence-electron chi connectivity index (χ3n) is 3.23. The summed E-state index contributed by atoms with van der Waals surface area (Å²) in [5.41, 5.74) is 6.52. The van der Waals surface area contributed by atoms with Crippen LogP contribution in [0.5, 0.6) is 0 Å². The lowest BCUT2D eigenvalue weighted by Gasteiger charge is -2.34. The summed E-state index contributed by atoms with van der Waals surface area (Å²) in [5, 5.41) is 4.27. The Morgan fingerprint density at radius 1 is 1.47 bits per heavy atom. The molecule has 2 amide bonds. The number of carbonyl (C=O) groups excluding carboxylic acids is 1. The number of amides is 2. The molecule has 3 heterocycles. The first-order valence-electron chi connectivity index (χ1n) is 6.07. The van der Waals surface area contributed by atoms with Crippen LogP contribution in [0.1, 0.15) is 24.0 Å². The van der Waals surface area contributed by atoms with Crippen molar-refractivity contribution in [3.05, 3.63) is 36.0 Å². The standard InChI is InChI=1S/C12H14N6O/c1-8-15-7-17(16-8)10-5-4-9-3-2-6-14-11(9)18(10)12(13)19/h2-3,6-7,10H,4-5H2,1H3,(H2,13,19). The second kappa shape index (κ2) is 4.34. The number of carbonyl (C=O) groups is 1. The number of aryl methyl sites for hydroxylation is 2. The average molecular weight is 258 g/mol. The molecule has 0 aromatic carbocycles. The summed E-state index contributed by atoms with van der Waals surface area (Å²) < 4.78 is 1.66. The summed E-state index contributed by atoms with van der Waals surface area (Å²) in [7, 11) is 0. The van der Waals surface area contributed by atoms with E-state index in [4.69, 9.17) is 5.73 Å². The minimum absolute atomic E-state index is 0.263. The van der Waals surface area contributed by atoms with Crippen LogP contribution in [0.15, 0.2) is 24.7 Å². The summed E-state index contributed by atoms with van der Waals surface area (Å²) in [6.45, 7) is 1.81. The van der Waals surface area contributed by atoms with Gasteiger partial charge in [-0.1, -0.05) is 6.07 Å². The zero-order chi connectivity index (χ0) is 13.4. The van der Waals surface area contributed by atoms with Gasteiger partial charge < -0.3 is 5.73 Å². The Kier molecular flexibility index (Phi) is 2.66. The van der Waals surface area contributed by atoms with Crippen LogP contribution in [-0.2, 0) is 6.42 Å². The smallest absolute Gasteiger partial charge is 0.322 e. The van der Waals surface area contributed by atoms with E-state index in [1.54, 1.807) is 24.1 Å². The largest absolute Gasteiger partial charge is 0.351 e. The molecule has 0 fully saturated rings. The number of aromatic nitrogens is 4. The molecule has 0 radical (unpaired) electrons. The molecule has 2 N–H and O–H groups in total. The first-order chi connectivity index (χ1) is 9.16. The molecule has 7 nitrogen and oxygen atoms in total. The second-order valence-electron chi connectivity index (χ2n) is 4.49. The Hall–Kier alpha value is -2.44. The third-order valence-corrected chi connectivity index (χ3v) is 3.23. The Balaban J connectivity index is 2.06. The summed E-state index contributed by atoms with van der Waals surface area (Å²) in [5.74, 6) is 1.27. The van der Waals surface area contributed by atoms with E-state index in [2.05, 4.69) is 15.1 Å². The van der Waals surface area contributed by atoms with E-state index in [-0.39, 0.29) is 6.17 Å². The van der Waals surface area contributed by atoms with E-state index >= 15 is 0 Å². The van der Waals surface area contributed by atoms with Crippen LogP contribution in [0.3, 0.4) is 0 Å². The molecule has 1 aliphatic heterocycles. The summed E-state index contributed by atoms with van der Waals surface area (Å²) in [4.78, 5) is 21.6. The molecule has 0 aliphatic carbocycles. The van der Waals surface area contributed by atoms with Gasteiger partial charge in [-0.15, -0.1) is 0 Å². The van der Waals surface area contributed by atoms with Gasteiger partial charge in [0.1, 0.15) is 24.1 Å². The van der Waals surface area contributed by atoms with E-state index in [1.807, 2.05) is 12.1 Å². The lowest BCUT2D eigenvalue weighted by atomic mass is 10.0. The van der Waals surface area contributed by atoms with Gasteiger partial charge in [0, 0.05) is 6.20 Å². The zero-order valence-electron chi connectivity index (χ0n) is 10.5. The molecule has 0 spiro atoms. The Morgan fingerprint density at radius 2 is 2.32 bits per heavy atom. The van der Waals surface area contributed by atoms with Crippen molar-refractivity contribution in [2.45, 2.75) is 25.9 Å². The molecule has 19 heavy (non-hydrogen) atoms. The number of hydrogen-bond acceptors (Lipinski definition) is 4. The fraction of sp³-hybridized carbons (Fsp3) is 0.333. The number of pyridine rings is 1. The lowest BCUT2D eigenvalue weighted by Crippen LogP contribution is -2.45. The van der Waals surface area contributed by atoms with Crippen molar-refractivity contribution in [3.8, 4) is 0 Å². The lowest BCUT2D eigenvalue weighted by molar-refractivity contribution is 0.245. The van der Waals surface area contributed by atoms with E-state index in [1.165, 1.54) is 4.90 Å². The van der Waals surface area contributed by atoms with Crippen LogP contribution in [0.4, 0.5) is 10.6 Å². The predicted octanol–water partition coefficient (Wildman–Crippen LogP) is 1.01. The van der Waals surface area contributed by atoms with E-state index < -0.39 is 6.03 Å². The summed E-state index contributed by atoms with van der Waals surface area (Å²) in [6.07, 6.45) is 4.58. The van der Waals surface area contributed by atoms with E-state index in [0.717, 1.165) is 18.4 Å². The quantitative estimate of drug-likeness (QED) is 0.826. The predicted molar refractivity (Wildman–Crippen MR) is 68.4 cm³/mol. The van der Waals surface area contributed by atoms with Gasteiger partial charge in [-0.25, -0.2) is 19.4 Å². The fourth-order valence-electron chi connectivity index (χ4n) is 2.40. The number of anilines is 1. The number of rotatable bonds is 1. The Labute approximate surface area is 110 Å². The molecule has 0 saturated heterocycles. The maximum absolute atomic E-state index is 11.8. The first-order valence-corrected chi connectivity index (χ1v) is 6.07. The van der Waals surface area contributed by atoms with Crippen LogP contribution in [0.25, 0.3) is 0 Å². The maximum atomic E-state index is 11.8. The summed E-state index contributed by atoms with van der Waals surface area (Å²) >= 11 is 0. The molecule has 2 aromatic heterocycles. The molecular formula is C12H14N6O. The Morgan fingerprint density at radius 3 is 3.00 bits per heavy atom. The topological polar surface area (TPSA) is 89.9 Å². The van der Waals surface area contributed by atoms with Gasteiger partial charge in [0.15, 0.2) is 0 Å². The minimum Gasteiger partial charge on any atom is -0.351 e. The highest BCUT2D eigenvalue weighted by Gasteiger charge is 2.32. The number of nitrogens with two attached hydrogens (primary N) is 1. The molecule has 0 saturated carbocycles. The molecular weight excluding hydrogens is 244 g/mol. The van der Waals surface area contributed by atoms with Gasteiger partial charge in [0.25, 0.3) is 0 Å². The summed E-state index contributed by atoms with van der Waals surface area (Å²) in [6, 6.07) is 3.29. The van der Waals surface area contributed by atoms with Gasteiger partial charge in [0.05, 0.1) is 0 Å². The van der Waals surface area contributed by atoms with Crippen molar-refractivity contribution in [2.24, 2.45) is 5.73 Å². The van der Waals surface area contributed by atoms with Crippen molar-refractivity contribution >= 4 is 11.8 Å². The fourth-order valence-corrected chi connectivity index (χ4v) is 2.40. The van der Waals surface area contributed by atoms with Crippen molar-refractivity contribution in [2.75, 3.05) is 4.90 Å². The highest BCUT2D eigenvalue weighted by molar-refractivity contribution is 5.91. The van der Waals surface area contributed by atoms with Crippen molar-refractivity contribution < 1.29 is 4.79 Å². The van der Waals surface area contributed by atoms with Crippen molar-refractivity contribution in [1.29, 1.82) is 0 Å². The molecule has 98 valence electrons. The minimum atomic E-state index is -0.530. The number of nitrogens with zero attached hydrogens (tertiary/aromatic N) is 5. The van der Waals surface area contributed by atoms with E-state index in [0.29, 0.717) is 11.6 Å². The molecule has 1 atom stereocenters. The highest BCUT2D eigenvalue weighted by atomic mass is 16.2. The van der Waals surface area contributed by atoms with Crippen molar-refractivity contribution in [3.63, 3.8) is 0 Å². The molecule has 3 rings (SSSR count). The van der Waals surface area contributed by atoms with Gasteiger partial charge in [0.2, 0.25) is 0 Å². The molecule has 1 aliphatic rings. The van der Waals surface area contributed by atoms with Crippen molar-refractivity contribution in [1.82, 2.24) is 19.7 Å². The van der Waals surface area contributed by atoms with Crippen LogP contribution >= 0.6 is 0 Å². The second-order valence-corrected chi connectivity index (χ2v) is 4.49. The third kappa shape index (κ3) is 1.92. The number of urea groups is 1. The van der Waals surface area contributed by atoms with Crippen LogP contribution in [0, 0.1) is 6.92 Å². The normalized spacial score (nSPS) is 18.2. The molecule has 1 unspecified atom stereocenters. The number of fused-ring (bicyclic) bond motifs is 1. The molecule has 0 bridgehead atoms. The SMILES string of the molecule is Cc1ncn(C2CCc3cccnc3N2C(N)=O)n1. The van der Waals surface area contributed by atoms with Gasteiger partial charge in [-0.3, -0.25) is 4.90 Å². The first kappa shape index (κ1) is 11.6. The van der Waals surface area contributed by atoms with Gasteiger partial charge in [-0.05, 0) is 31.4 Å². The Bertz CT molecular complexity index is 622. The van der Waals surface area contributed by atoms with Crippen LogP contribution in [0.2, 0.25) is 0 Å². The zero-order valence-corrected chi connectivity index (χ0v) is 10.5. The van der Waals surface area contributed by atoms with Crippen LogP contribution < -0.4 is 10.6 Å². The number of hydrogen-bond donors (Lipinski definition) is 1. The number of primary amides is 1. The van der Waals surface area contributed by atoms with E-state index in [9.17, 15) is 4.79 Å². The maximum Gasteiger partial charge on any atom is 0.322 e.